The van der Waals surface area contributed by atoms with Gasteiger partial charge in [0.15, 0.2) is 0 Å². The summed E-state index contributed by atoms with van der Waals surface area (Å²) < 4.78 is 5.70. The molecule has 3 unspecified atom stereocenters. The van der Waals surface area contributed by atoms with Crippen molar-refractivity contribution in [2.75, 3.05) is 6.61 Å². The maximum atomic E-state index is 12.3. The molecule has 5 nitrogen and oxygen atoms in total. The Kier molecular flexibility index (Phi) is 6.86. The second kappa shape index (κ2) is 8.89. The zero-order valence-electron chi connectivity index (χ0n) is 14.0. The molecule has 1 saturated heterocycles. The van der Waals surface area contributed by atoms with Crippen molar-refractivity contribution in [1.82, 2.24) is 10.6 Å². The minimum Gasteiger partial charge on any atom is -0.396 e. The molecule has 0 aliphatic carbocycles. The standard InChI is InChI=1S/C18H28N2O3/c1-13-11-16(12-14(2)23-13)19-18(22)20-17(9-6-10-21)15-7-4-3-5-8-15/h3-5,7-8,13-14,16-17,21H,6,9-12H2,1-2H3,(H2,19,20,22). The molecule has 0 bridgehead atoms. The second-order valence-electron chi connectivity index (χ2n) is 6.37. The van der Waals surface area contributed by atoms with Crippen LogP contribution in [0.1, 0.15) is 51.1 Å². The maximum absolute atomic E-state index is 12.3. The molecule has 128 valence electrons. The molecule has 2 amide bonds. The van der Waals surface area contributed by atoms with Gasteiger partial charge in [0.05, 0.1) is 18.2 Å². The highest BCUT2D eigenvalue weighted by Gasteiger charge is 2.26. The van der Waals surface area contributed by atoms with Crippen molar-refractivity contribution in [3.8, 4) is 0 Å². The first kappa shape index (κ1) is 17.8. The number of urea groups is 1. The molecule has 3 atom stereocenters. The minimum atomic E-state index is -0.150. The molecule has 1 aliphatic rings. The first-order valence-electron chi connectivity index (χ1n) is 8.46. The van der Waals surface area contributed by atoms with Gasteiger partial charge in [-0.1, -0.05) is 30.3 Å². The van der Waals surface area contributed by atoms with E-state index in [1.165, 1.54) is 0 Å². The topological polar surface area (TPSA) is 70.6 Å². The van der Waals surface area contributed by atoms with E-state index in [4.69, 9.17) is 9.84 Å². The first-order chi connectivity index (χ1) is 11.1. The number of carbonyl (C=O) groups excluding carboxylic acids is 1. The number of hydrogen-bond donors (Lipinski definition) is 3. The van der Waals surface area contributed by atoms with Gasteiger partial charge in [0.25, 0.3) is 0 Å². The molecule has 3 N–H and O–H groups in total. The summed E-state index contributed by atoms with van der Waals surface area (Å²) in [6.07, 6.45) is 3.39. The Morgan fingerprint density at radius 2 is 1.91 bits per heavy atom. The van der Waals surface area contributed by atoms with E-state index in [2.05, 4.69) is 10.6 Å². The Balaban J connectivity index is 1.92. The fraction of sp³-hybridized carbons (Fsp3) is 0.611. The number of nitrogens with one attached hydrogen (secondary N) is 2. The molecule has 1 aromatic rings. The van der Waals surface area contributed by atoms with Gasteiger partial charge in [-0.05, 0) is 45.1 Å². The molecule has 1 heterocycles. The predicted molar refractivity (Wildman–Crippen MR) is 90.2 cm³/mol. The maximum Gasteiger partial charge on any atom is 0.315 e. The van der Waals surface area contributed by atoms with Crippen molar-refractivity contribution in [3.05, 3.63) is 35.9 Å². The van der Waals surface area contributed by atoms with Crippen LogP contribution in [0.15, 0.2) is 30.3 Å². The van der Waals surface area contributed by atoms with Crippen molar-refractivity contribution in [3.63, 3.8) is 0 Å². The van der Waals surface area contributed by atoms with Crippen LogP contribution < -0.4 is 10.6 Å². The van der Waals surface area contributed by atoms with Crippen LogP contribution in [0.3, 0.4) is 0 Å². The van der Waals surface area contributed by atoms with E-state index < -0.39 is 0 Å². The number of aliphatic hydroxyl groups is 1. The van der Waals surface area contributed by atoms with Crippen molar-refractivity contribution < 1.29 is 14.6 Å². The van der Waals surface area contributed by atoms with Gasteiger partial charge in [-0.3, -0.25) is 0 Å². The van der Waals surface area contributed by atoms with E-state index in [-0.39, 0.29) is 36.9 Å². The summed E-state index contributed by atoms with van der Waals surface area (Å²) in [5.74, 6) is 0. The Morgan fingerprint density at radius 3 is 2.52 bits per heavy atom. The van der Waals surface area contributed by atoms with E-state index in [1.807, 2.05) is 44.2 Å². The SMILES string of the molecule is CC1CC(NC(=O)NC(CCCO)c2ccccc2)CC(C)O1. The number of hydrogen-bond acceptors (Lipinski definition) is 3. The molecule has 1 aliphatic heterocycles. The van der Waals surface area contributed by atoms with Crippen LogP contribution >= 0.6 is 0 Å². The summed E-state index contributed by atoms with van der Waals surface area (Å²) >= 11 is 0. The zero-order valence-corrected chi connectivity index (χ0v) is 14.0. The summed E-state index contributed by atoms with van der Waals surface area (Å²) in [6, 6.07) is 9.79. The lowest BCUT2D eigenvalue weighted by molar-refractivity contribution is -0.0402. The molecule has 23 heavy (non-hydrogen) atoms. The summed E-state index contributed by atoms with van der Waals surface area (Å²) in [4.78, 5) is 12.3. The third-order valence-corrected chi connectivity index (χ3v) is 4.19. The van der Waals surface area contributed by atoms with Gasteiger partial charge in [0, 0.05) is 12.6 Å². The Morgan fingerprint density at radius 1 is 1.26 bits per heavy atom. The third kappa shape index (κ3) is 5.84. The van der Waals surface area contributed by atoms with Crippen LogP contribution in [0.4, 0.5) is 4.79 Å². The smallest absolute Gasteiger partial charge is 0.315 e. The minimum absolute atomic E-state index is 0.0852. The Labute approximate surface area is 138 Å². The highest BCUT2D eigenvalue weighted by atomic mass is 16.5. The number of rotatable bonds is 6. The van der Waals surface area contributed by atoms with Crippen molar-refractivity contribution in [2.45, 2.75) is 63.8 Å². The first-order valence-corrected chi connectivity index (χ1v) is 8.46. The molecule has 1 aromatic carbocycles. The quantitative estimate of drug-likeness (QED) is 0.755. The van der Waals surface area contributed by atoms with Crippen LogP contribution in [-0.4, -0.2) is 36.0 Å². The number of ether oxygens (including phenoxy) is 1. The summed E-state index contributed by atoms with van der Waals surface area (Å²) in [6.45, 7) is 4.20. The number of carbonyl (C=O) groups is 1. The largest absolute Gasteiger partial charge is 0.396 e. The Bertz CT molecular complexity index is 470. The monoisotopic (exact) mass is 320 g/mol. The molecule has 0 aromatic heterocycles. The van der Waals surface area contributed by atoms with Gasteiger partial charge < -0.3 is 20.5 Å². The highest BCUT2D eigenvalue weighted by molar-refractivity contribution is 5.74. The average molecular weight is 320 g/mol. The van der Waals surface area contributed by atoms with E-state index in [0.717, 1.165) is 18.4 Å². The predicted octanol–water partition coefficient (Wildman–Crippen LogP) is 2.76. The van der Waals surface area contributed by atoms with Crippen LogP contribution in [0.25, 0.3) is 0 Å². The molecule has 0 radical (unpaired) electrons. The van der Waals surface area contributed by atoms with Gasteiger partial charge >= 0.3 is 6.03 Å². The van der Waals surface area contributed by atoms with Gasteiger partial charge in [-0.25, -0.2) is 4.79 Å². The van der Waals surface area contributed by atoms with Crippen molar-refractivity contribution in [2.24, 2.45) is 0 Å². The average Bonchev–Trinajstić information content (AvgIpc) is 2.51. The zero-order chi connectivity index (χ0) is 16.7. The lowest BCUT2D eigenvalue weighted by Crippen LogP contribution is -2.48. The third-order valence-electron chi connectivity index (χ3n) is 4.19. The molecule has 0 saturated carbocycles. The second-order valence-corrected chi connectivity index (χ2v) is 6.37. The molecular formula is C18H28N2O3. The molecule has 5 heteroatoms. The van der Waals surface area contributed by atoms with Crippen LogP contribution in [-0.2, 0) is 4.74 Å². The normalized spacial score (nSPS) is 25.6. The van der Waals surface area contributed by atoms with Crippen molar-refractivity contribution >= 4 is 6.03 Å². The van der Waals surface area contributed by atoms with Crippen molar-refractivity contribution in [1.29, 1.82) is 0 Å². The van der Waals surface area contributed by atoms with E-state index in [1.54, 1.807) is 0 Å². The number of aliphatic hydroxyl groups excluding tert-OH is 1. The number of benzene rings is 1. The molecule has 0 spiro atoms. The van der Waals surface area contributed by atoms with Gasteiger partial charge in [0.1, 0.15) is 0 Å². The lowest BCUT2D eigenvalue weighted by Gasteiger charge is -2.33. The fourth-order valence-electron chi connectivity index (χ4n) is 3.21. The summed E-state index contributed by atoms with van der Waals surface area (Å²) in [7, 11) is 0. The number of amides is 2. The molecule has 1 fully saturated rings. The molecule has 2 rings (SSSR count). The lowest BCUT2D eigenvalue weighted by atomic mass is 10.00. The summed E-state index contributed by atoms with van der Waals surface area (Å²) in [5.41, 5.74) is 1.06. The van der Waals surface area contributed by atoms with E-state index in [0.29, 0.717) is 12.8 Å². The van der Waals surface area contributed by atoms with E-state index in [9.17, 15) is 4.79 Å². The highest BCUT2D eigenvalue weighted by Crippen LogP contribution is 2.20. The molecular weight excluding hydrogens is 292 g/mol. The van der Waals surface area contributed by atoms with Gasteiger partial charge in [0.2, 0.25) is 0 Å². The van der Waals surface area contributed by atoms with Crippen LogP contribution in [0, 0.1) is 0 Å². The van der Waals surface area contributed by atoms with Crippen LogP contribution in [0.5, 0.6) is 0 Å². The van der Waals surface area contributed by atoms with Gasteiger partial charge in [-0.15, -0.1) is 0 Å². The van der Waals surface area contributed by atoms with Gasteiger partial charge in [-0.2, -0.15) is 0 Å². The fourth-order valence-corrected chi connectivity index (χ4v) is 3.21. The van der Waals surface area contributed by atoms with Crippen LogP contribution in [0.2, 0.25) is 0 Å². The Hall–Kier alpha value is -1.59. The van der Waals surface area contributed by atoms with E-state index >= 15 is 0 Å². The summed E-state index contributed by atoms with van der Waals surface area (Å²) in [5, 5.41) is 15.2.